The van der Waals surface area contributed by atoms with Crippen molar-refractivity contribution in [2.45, 2.75) is 6.54 Å². The highest BCUT2D eigenvalue weighted by Crippen LogP contribution is 2.04. The summed E-state index contributed by atoms with van der Waals surface area (Å²) in [6.07, 6.45) is 1.41. The second kappa shape index (κ2) is 7.00. The third-order valence-corrected chi connectivity index (χ3v) is 2.22. The van der Waals surface area contributed by atoms with Crippen LogP contribution in [0, 0.1) is 22.7 Å². The Hall–Kier alpha value is -2.44. The van der Waals surface area contributed by atoms with Gasteiger partial charge in [0.1, 0.15) is 0 Å². The van der Waals surface area contributed by atoms with Crippen LogP contribution in [0.15, 0.2) is 18.3 Å². The summed E-state index contributed by atoms with van der Waals surface area (Å²) in [6.45, 7) is 0.713. The number of carbonyl (C=O) groups excluding carboxylic acids is 1. The van der Waals surface area contributed by atoms with Gasteiger partial charge in [0.15, 0.2) is 0 Å². The summed E-state index contributed by atoms with van der Waals surface area (Å²) >= 11 is 0. The van der Waals surface area contributed by atoms with Crippen molar-refractivity contribution in [3.05, 3.63) is 29.6 Å². The summed E-state index contributed by atoms with van der Waals surface area (Å²) in [6, 6.07) is 7.25. The standard InChI is InChI=1S/C12H12N4O2/c1-18-12(17)10-2-3-11(15-8-10)9-16(6-4-13)7-5-14/h2-3,8H,6-7,9H2,1H3. The molecular weight excluding hydrogens is 232 g/mol. The predicted octanol–water partition coefficient (Wildman–Crippen LogP) is 0.717. The number of nitrogens with zero attached hydrogens (tertiary/aromatic N) is 4. The van der Waals surface area contributed by atoms with Crippen LogP contribution in [-0.2, 0) is 11.3 Å². The largest absolute Gasteiger partial charge is 0.465 e. The molecule has 1 rings (SSSR count). The maximum Gasteiger partial charge on any atom is 0.339 e. The molecule has 1 aromatic heterocycles. The van der Waals surface area contributed by atoms with E-state index in [1.807, 2.05) is 12.1 Å². The molecule has 0 aliphatic carbocycles. The van der Waals surface area contributed by atoms with Crippen LogP contribution in [0.1, 0.15) is 16.1 Å². The predicted molar refractivity (Wildman–Crippen MR) is 62.1 cm³/mol. The molecule has 6 heteroatoms. The average molecular weight is 244 g/mol. The average Bonchev–Trinajstić information content (AvgIpc) is 2.39. The summed E-state index contributed by atoms with van der Waals surface area (Å²) in [5, 5.41) is 17.2. The van der Waals surface area contributed by atoms with Crippen molar-refractivity contribution in [2.24, 2.45) is 0 Å². The Labute approximate surface area is 105 Å². The molecule has 0 aliphatic heterocycles. The van der Waals surface area contributed by atoms with E-state index in [4.69, 9.17) is 10.5 Å². The van der Waals surface area contributed by atoms with Crippen molar-refractivity contribution in [1.82, 2.24) is 9.88 Å². The minimum absolute atomic E-state index is 0.161. The number of pyridine rings is 1. The maximum absolute atomic E-state index is 11.2. The van der Waals surface area contributed by atoms with E-state index in [1.165, 1.54) is 13.3 Å². The monoisotopic (exact) mass is 244 g/mol. The van der Waals surface area contributed by atoms with Crippen LogP contribution >= 0.6 is 0 Å². The molecule has 0 aromatic carbocycles. The lowest BCUT2D eigenvalue weighted by Crippen LogP contribution is -2.24. The molecule has 0 spiro atoms. The summed E-state index contributed by atoms with van der Waals surface area (Å²) in [4.78, 5) is 16.9. The van der Waals surface area contributed by atoms with Crippen molar-refractivity contribution >= 4 is 5.97 Å². The summed E-state index contributed by atoms with van der Waals surface area (Å²) in [5.41, 5.74) is 1.06. The van der Waals surface area contributed by atoms with Crippen molar-refractivity contribution in [3.63, 3.8) is 0 Å². The number of carbonyl (C=O) groups is 1. The molecule has 0 bridgehead atoms. The van der Waals surface area contributed by atoms with Crippen molar-refractivity contribution in [1.29, 1.82) is 10.5 Å². The number of ether oxygens (including phenoxy) is 1. The van der Waals surface area contributed by atoms with Gasteiger partial charge in [-0.1, -0.05) is 0 Å². The molecule has 0 unspecified atom stereocenters. The Morgan fingerprint density at radius 2 is 2.06 bits per heavy atom. The van der Waals surface area contributed by atoms with E-state index in [0.29, 0.717) is 17.8 Å². The summed E-state index contributed by atoms with van der Waals surface area (Å²) in [7, 11) is 1.30. The van der Waals surface area contributed by atoms with Gasteiger partial charge in [0.25, 0.3) is 0 Å². The fraction of sp³-hybridized carbons (Fsp3) is 0.333. The van der Waals surface area contributed by atoms with Gasteiger partial charge in [0.2, 0.25) is 0 Å². The molecule has 18 heavy (non-hydrogen) atoms. The molecule has 0 saturated heterocycles. The summed E-state index contributed by atoms with van der Waals surface area (Å²) in [5.74, 6) is -0.444. The van der Waals surface area contributed by atoms with Crippen molar-refractivity contribution in [3.8, 4) is 12.1 Å². The molecule has 0 N–H and O–H groups in total. The van der Waals surface area contributed by atoms with Crippen LogP contribution in [-0.4, -0.2) is 36.1 Å². The molecule has 0 amide bonds. The minimum atomic E-state index is -0.444. The van der Waals surface area contributed by atoms with E-state index >= 15 is 0 Å². The van der Waals surface area contributed by atoms with Gasteiger partial charge in [0.05, 0.1) is 43.6 Å². The first-order valence-electron chi connectivity index (χ1n) is 5.20. The van der Waals surface area contributed by atoms with E-state index in [0.717, 1.165) is 0 Å². The lowest BCUT2D eigenvalue weighted by atomic mass is 10.2. The first kappa shape index (κ1) is 13.6. The first-order valence-corrected chi connectivity index (χ1v) is 5.20. The fourth-order valence-corrected chi connectivity index (χ4v) is 1.35. The topological polar surface area (TPSA) is 90.0 Å². The molecule has 0 saturated carbocycles. The van der Waals surface area contributed by atoms with Crippen molar-refractivity contribution < 1.29 is 9.53 Å². The van der Waals surface area contributed by atoms with Gasteiger partial charge in [-0.3, -0.25) is 9.88 Å². The van der Waals surface area contributed by atoms with E-state index in [1.54, 1.807) is 17.0 Å². The number of hydrogen-bond acceptors (Lipinski definition) is 6. The van der Waals surface area contributed by atoms with Gasteiger partial charge in [-0.15, -0.1) is 0 Å². The highest BCUT2D eigenvalue weighted by atomic mass is 16.5. The smallest absolute Gasteiger partial charge is 0.339 e. The number of rotatable bonds is 5. The van der Waals surface area contributed by atoms with Crippen LogP contribution in [0.4, 0.5) is 0 Å². The van der Waals surface area contributed by atoms with Gasteiger partial charge in [0, 0.05) is 12.7 Å². The SMILES string of the molecule is COC(=O)c1ccc(CN(CC#N)CC#N)nc1. The fourth-order valence-electron chi connectivity index (χ4n) is 1.35. The lowest BCUT2D eigenvalue weighted by Gasteiger charge is -2.14. The normalized spacial score (nSPS) is 9.56. The Bertz CT molecular complexity index is 468. The number of methoxy groups -OCH3 is 1. The number of hydrogen-bond donors (Lipinski definition) is 0. The second-order valence-electron chi connectivity index (χ2n) is 3.49. The molecule has 6 nitrogen and oxygen atoms in total. The second-order valence-corrected chi connectivity index (χ2v) is 3.49. The van der Waals surface area contributed by atoms with E-state index in [9.17, 15) is 4.79 Å². The number of esters is 1. The van der Waals surface area contributed by atoms with Crippen LogP contribution in [0.2, 0.25) is 0 Å². The minimum Gasteiger partial charge on any atom is -0.465 e. The van der Waals surface area contributed by atoms with Gasteiger partial charge >= 0.3 is 5.97 Å². The lowest BCUT2D eigenvalue weighted by molar-refractivity contribution is 0.0600. The molecule has 1 heterocycles. The zero-order valence-electron chi connectivity index (χ0n) is 9.96. The van der Waals surface area contributed by atoms with Crippen LogP contribution in [0.5, 0.6) is 0 Å². The molecule has 1 aromatic rings. The zero-order valence-corrected chi connectivity index (χ0v) is 9.96. The molecule has 0 radical (unpaired) electrons. The van der Waals surface area contributed by atoms with Gasteiger partial charge in [-0.25, -0.2) is 4.79 Å². The Morgan fingerprint density at radius 1 is 1.39 bits per heavy atom. The Balaban J connectivity index is 2.71. The molecule has 0 atom stereocenters. The van der Waals surface area contributed by atoms with Crippen LogP contribution < -0.4 is 0 Å². The Morgan fingerprint density at radius 3 is 2.50 bits per heavy atom. The van der Waals surface area contributed by atoms with Crippen LogP contribution in [0.25, 0.3) is 0 Å². The molecule has 0 aliphatic rings. The third-order valence-electron chi connectivity index (χ3n) is 2.22. The first-order chi connectivity index (χ1) is 8.71. The zero-order chi connectivity index (χ0) is 13.4. The number of aromatic nitrogens is 1. The molecule has 92 valence electrons. The van der Waals surface area contributed by atoms with E-state index in [2.05, 4.69) is 9.72 Å². The molecule has 0 fully saturated rings. The Kier molecular flexibility index (Phi) is 5.30. The maximum atomic E-state index is 11.2. The van der Waals surface area contributed by atoms with Gasteiger partial charge in [-0.2, -0.15) is 10.5 Å². The number of nitriles is 2. The quantitative estimate of drug-likeness (QED) is 0.560. The third kappa shape index (κ3) is 3.85. The molecular formula is C12H12N4O2. The van der Waals surface area contributed by atoms with E-state index in [-0.39, 0.29) is 13.1 Å². The van der Waals surface area contributed by atoms with Gasteiger partial charge in [-0.05, 0) is 12.1 Å². The van der Waals surface area contributed by atoms with Gasteiger partial charge < -0.3 is 4.74 Å². The van der Waals surface area contributed by atoms with Crippen LogP contribution in [0.3, 0.4) is 0 Å². The summed E-state index contributed by atoms with van der Waals surface area (Å²) < 4.78 is 4.56. The van der Waals surface area contributed by atoms with Crippen molar-refractivity contribution in [2.75, 3.05) is 20.2 Å². The van der Waals surface area contributed by atoms with E-state index < -0.39 is 5.97 Å². The highest BCUT2D eigenvalue weighted by molar-refractivity contribution is 5.88. The highest BCUT2D eigenvalue weighted by Gasteiger charge is 2.08.